The molecule has 122 valence electrons. The average molecular weight is 341 g/mol. The standard InChI is InChI=1S/C18H27ClNOP/c1-4-22(9-7-5-6-8-10-22)13-17(21)20-18-14(2)11-16(19)12-15(18)3/h11-12H,4-10,13H2,1-3H3/p+1. The number of benzene rings is 1. The van der Waals surface area contributed by atoms with Crippen LogP contribution in [0.1, 0.15) is 43.7 Å². The fraction of sp³-hybridized carbons (Fsp3) is 0.611. The molecule has 1 aliphatic heterocycles. The molecule has 0 saturated carbocycles. The fourth-order valence-electron chi connectivity index (χ4n) is 3.54. The van der Waals surface area contributed by atoms with Gasteiger partial charge in [0, 0.05) is 18.0 Å². The van der Waals surface area contributed by atoms with Crippen molar-refractivity contribution in [2.24, 2.45) is 0 Å². The summed E-state index contributed by atoms with van der Waals surface area (Å²) < 4.78 is 0. The van der Waals surface area contributed by atoms with Crippen LogP contribution >= 0.6 is 18.9 Å². The van der Waals surface area contributed by atoms with Crippen LogP contribution in [0.2, 0.25) is 5.02 Å². The zero-order valence-corrected chi connectivity index (χ0v) is 15.7. The molecule has 0 spiro atoms. The summed E-state index contributed by atoms with van der Waals surface area (Å²) in [6.07, 6.45) is 9.88. The third-order valence-corrected chi connectivity index (χ3v) is 9.97. The lowest BCUT2D eigenvalue weighted by molar-refractivity contribution is -0.113. The number of anilines is 1. The fourth-order valence-corrected chi connectivity index (χ4v) is 7.74. The molecule has 2 nitrogen and oxygen atoms in total. The molecule has 1 N–H and O–H groups in total. The van der Waals surface area contributed by atoms with Crippen LogP contribution in [0, 0.1) is 13.8 Å². The summed E-state index contributed by atoms with van der Waals surface area (Å²) in [5.74, 6) is 0.200. The van der Waals surface area contributed by atoms with E-state index in [1.807, 2.05) is 26.0 Å². The summed E-state index contributed by atoms with van der Waals surface area (Å²) in [5, 5.41) is 3.89. The van der Waals surface area contributed by atoms with Crippen LogP contribution in [0.4, 0.5) is 5.69 Å². The van der Waals surface area contributed by atoms with Crippen molar-refractivity contribution < 1.29 is 4.79 Å². The topological polar surface area (TPSA) is 29.1 Å². The maximum Gasteiger partial charge on any atom is 0.261 e. The van der Waals surface area contributed by atoms with Gasteiger partial charge < -0.3 is 5.32 Å². The van der Waals surface area contributed by atoms with E-state index in [2.05, 4.69) is 12.2 Å². The molecule has 1 aromatic rings. The van der Waals surface area contributed by atoms with Crippen LogP contribution in [0.15, 0.2) is 12.1 Å². The first-order chi connectivity index (χ1) is 10.5. The van der Waals surface area contributed by atoms with Crippen LogP contribution in [0.3, 0.4) is 0 Å². The number of aryl methyl sites for hydroxylation is 2. The van der Waals surface area contributed by atoms with Gasteiger partial charge in [0.1, 0.15) is 6.16 Å². The first kappa shape index (κ1) is 17.8. The number of hydrogen-bond acceptors (Lipinski definition) is 1. The van der Waals surface area contributed by atoms with Crippen molar-refractivity contribution >= 4 is 30.5 Å². The Morgan fingerprint density at radius 3 is 2.18 bits per heavy atom. The second-order valence-electron chi connectivity index (χ2n) is 6.64. The monoisotopic (exact) mass is 340 g/mol. The summed E-state index contributed by atoms with van der Waals surface area (Å²) in [5.41, 5.74) is 3.03. The Bertz CT molecular complexity index is 513. The molecule has 1 aliphatic rings. The third-order valence-electron chi connectivity index (χ3n) is 4.93. The van der Waals surface area contributed by atoms with Crippen LogP contribution in [-0.2, 0) is 4.79 Å². The van der Waals surface area contributed by atoms with Gasteiger partial charge in [-0.3, -0.25) is 4.79 Å². The Kier molecular flexibility index (Phi) is 6.29. The minimum absolute atomic E-state index is 0.200. The number of hydrogen-bond donors (Lipinski definition) is 1. The van der Waals surface area contributed by atoms with Gasteiger partial charge in [-0.05, 0) is 69.7 Å². The molecule has 0 aromatic heterocycles. The van der Waals surface area contributed by atoms with Gasteiger partial charge in [-0.15, -0.1) is 0 Å². The quantitative estimate of drug-likeness (QED) is 0.720. The van der Waals surface area contributed by atoms with Gasteiger partial charge in [-0.2, -0.15) is 0 Å². The number of carbonyl (C=O) groups excluding carboxylic acids is 1. The Morgan fingerprint density at radius 1 is 1.14 bits per heavy atom. The molecular formula is C18H28ClNOP+. The predicted molar refractivity (Wildman–Crippen MR) is 100 cm³/mol. The second kappa shape index (κ2) is 7.79. The molecule has 0 bridgehead atoms. The van der Waals surface area contributed by atoms with E-state index >= 15 is 0 Å². The first-order valence-corrected chi connectivity index (χ1v) is 11.3. The second-order valence-corrected chi connectivity index (χ2v) is 11.6. The van der Waals surface area contributed by atoms with Crippen molar-refractivity contribution in [2.75, 3.05) is 30.0 Å². The first-order valence-electron chi connectivity index (χ1n) is 8.37. The van der Waals surface area contributed by atoms with E-state index in [0.717, 1.165) is 28.0 Å². The summed E-state index contributed by atoms with van der Waals surface area (Å²) in [4.78, 5) is 12.6. The summed E-state index contributed by atoms with van der Waals surface area (Å²) >= 11 is 6.07. The predicted octanol–water partition coefficient (Wildman–Crippen LogP) is 5.51. The Labute approximate surface area is 140 Å². The molecule has 0 atom stereocenters. The van der Waals surface area contributed by atoms with Gasteiger partial charge >= 0.3 is 0 Å². The zero-order valence-electron chi connectivity index (χ0n) is 14.0. The number of nitrogens with one attached hydrogen (secondary N) is 1. The maximum atomic E-state index is 12.6. The Morgan fingerprint density at radius 2 is 1.68 bits per heavy atom. The summed E-state index contributed by atoms with van der Waals surface area (Å²) in [6.45, 7) is 6.29. The van der Waals surface area contributed by atoms with E-state index in [-0.39, 0.29) is 5.91 Å². The number of amides is 1. The van der Waals surface area contributed by atoms with Crippen molar-refractivity contribution in [3.63, 3.8) is 0 Å². The number of rotatable bonds is 4. The van der Waals surface area contributed by atoms with Crippen LogP contribution in [0.5, 0.6) is 0 Å². The van der Waals surface area contributed by atoms with Gasteiger partial charge in [0.2, 0.25) is 0 Å². The Hall–Kier alpha value is -0.590. The molecule has 22 heavy (non-hydrogen) atoms. The van der Waals surface area contributed by atoms with Gasteiger partial charge in [0.15, 0.2) is 0 Å². The van der Waals surface area contributed by atoms with Crippen LogP contribution < -0.4 is 5.32 Å². The molecule has 0 radical (unpaired) electrons. The van der Waals surface area contributed by atoms with Crippen molar-refractivity contribution in [1.29, 1.82) is 0 Å². The summed E-state index contributed by atoms with van der Waals surface area (Å²) in [7, 11) is -1.09. The lowest BCUT2D eigenvalue weighted by atomic mass is 10.1. The molecule has 1 amide bonds. The summed E-state index contributed by atoms with van der Waals surface area (Å²) in [6, 6.07) is 3.83. The number of carbonyl (C=O) groups is 1. The van der Waals surface area contributed by atoms with Gasteiger partial charge in [-0.1, -0.05) is 11.6 Å². The highest BCUT2D eigenvalue weighted by atomic mass is 35.5. The Balaban J connectivity index is 2.09. The molecule has 1 aromatic carbocycles. The highest BCUT2D eigenvalue weighted by Gasteiger charge is 2.38. The van der Waals surface area contributed by atoms with Gasteiger partial charge in [-0.25, -0.2) is 0 Å². The van der Waals surface area contributed by atoms with Crippen molar-refractivity contribution in [3.8, 4) is 0 Å². The highest BCUT2D eigenvalue weighted by Crippen LogP contribution is 2.60. The minimum Gasteiger partial charge on any atom is -0.322 e. The van der Waals surface area contributed by atoms with Gasteiger partial charge in [0.05, 0.1) is 18.5 Å². The SMILES string of the molecule is CC[P+]1(CC(=O)Nc2c(C)cc(Cl)cc2C)CCCCCC1. The molecule has 4 heteroatoms. The largest absolute Gasteiger partial charge is 0.322 e. The third kappa shape index (κ3) is 4.46. The lowest BCUT2D eigenvalue weighted by Crippen LogP contribution is -2.23. The van der Waals surface area contributed by atoms with E-state index < -0.39 is 7.26 Å². The van der Waals surface area contributed by atoms with Gasteiger partial charge in [0.25, 0.3) is 5.91 Å². The average Bonchev–Trinajstić information content (AvgIpc) is 2.69. The van der Waals surface area contributed by atoms with Crippen molar-refractivity contribution in [2.45, 2.75) is 46.5 Å². The molecule has 1 fully saturated rings. The van der Waals surface area contributed by atoms with Crippen LogP contribution in [-0.4, -0.2) is 30.6 Å². The molecule has 0 unspecified atom stereocenters. The van der Waals surface area contributed by atoms with E-state index in [1.54, 1.807) is 0 Å². The van der Waals surface area contributed by atoms with E-state index in [9.17, 15) is 4.79 Å². The number of halogens is 1. The van der Waals surface area contributed by atoms with Crippen molar-refractivity contribution in [1.82, 2.24) is 0 Å². The highest BCUT2D eigenvalue weighted by molar-refractivity contribution is 7.76. The molecule has 2 rings (SSSR count). The van der Waals surface area contributed by atoms with E-state index in [0.29, 0.717) is 0 Å². The molecule has 0 aliphatic carbocycles. The lowest BCUT2D eigenvalue weighted by Gasteiger charge is -2.24. The van der Waals surface area contributed by atoms with Crippen molar-refractivity contribution in [3.05, 3.63) is 28.3 Å². The minimum atomic E-state index is -1.09. The molecule has 1 saturated heterocycles. The van der Waals surface area contributed by atoms with E-state index in [4.69, 9.17) is 11.6 Å². The normalized spacial score (nSPS) is 17.8. The molecular weight excluding hydrogens is 313 g/mol. The smallest absolute Gasteiger partial charge is 0.261 e. The van der Waals surface area contributed by atoms with E-state index in [1.165, 1.54) is 44.2 Å². The molecule has 1 heterocycles. The van der Waals surface area contributed by atoms with Crippen LogP contribution in [0.25, 0.3) is 0 Å². The maximum absolute atomic E-state index is 12.6. The zero-order chi connectivity index (χ0) is 16.2.